The first-order chi connectivity index (χ1) is 15.1. The first-order valence-electron chi connectivity index (χ1n) is 10.5. The van der Waals surface area contributed by atoms with Crippen LogP contribution in [0.1, 0.15) is 42.5 Å². The maximum absolute atomic E-state index is 13.4. The average Bonchev–Trinajstić information content (AvgIpc) is 2.79. The summed E-state index contributed by atoms with van der Waals surface area (Å²) in [4.78, 5) is 28.2. The zero-order valence-corrected chi connectivity index (χ0v) is 18.4. The normalized spacial score (nSPS) is 11.5. The van der Waals surface area contributed by atoms with Crippen LogP contribution in [0.25, 0.3) is 0 Å². The molecule has 0 aromatic heterocycles. The summed E-state index contributed by atoms with van der Waals surface area (Å²) in [6, 6.07) is 25.9. The van der Waals surface area contributed by atoms with E-state index in [0.717, 1.165) is 16.7 Å². The molecule has 0 aliphatic rings. The van der Waals surface area contributed by atoms with Crippen molar-refractivity contribution >= 4 is 23.4 Å². The van der Waals surface area contributed by atoms with E-state index in [2.05, 4.69) is 5.32 Å². The summed E-state index contributed by atoms with van der Waals surface area (Å²) in [7, 11) is 0. The Morgan fingerprint density at radius 1 is 0.903 bits per heavy atom. The minimum Gasteiger partial charge on any atom is -0.350 e. The van der Waals surface area contributed by atoms with Crippen LogP contribution in [0.5, 0.6) is 0 Å². The van der Waals surface area contributed by atoms with Crippen molar-refractivity contribution in [1.82, 2.24) is 10.2 Å². The Hall–Kier alpha value is -3.11. The molecule has 0 saturated carbocycles. The molecule has 0 fully saturated rings. The van der Waals surface area contributed by atoms with Gasteiger partial charge in [0.05, 0.1) is 0 Å². The number of carbonyl (C=O) groups excluding carboxylic acids is 2. The summed E-state index contributed by atoms with van der Waals surface area (Å²) in [6.07, 6.45) is 1.10. The zero-order valence-electron chi connectivity index (χ0n) is 17.6. The van der Waals surface area contributed by atoms with Gasteiger partial charge in [0.1, 0.15) is 6.04 Å². The van der Waals surface area contributed by atoms with Gasteiger partial charge in [0.15, 0.2) is 0 Å². The van der Waals surface area contributed by atoms with Gasteiger partial charge < -0.3 is 10.2 Å². The van der Waals surface area contributed by atoms with Crippen LogP contribution in [0, 0.1) is 0 Å². The van der Waals surface area contributed by atoms with Crippen molar-refractivity contribution in [3.05, 3.63) is 107 Å². The van der Waals surface area contributed by atoms with Crippen LogP contribution in [-0.4, -0.2) is 16.7 Å². The summed E-state index contributed by atoms with van der Waals surface area (Å²) in [5, 5.41) is 3.58. The van der Waals surface area contributed by atoms with E-state index in [1.807, 2.05) is 85.8 Å². The lowest BCUT2D eigenvalue weighted by molar-refractivity contribution is -0.141. The van der Waals surface area contributed by atoms with E-state index in [1.165, 1.54) is 0 Å². The summed E-state index contributed by atoms with van der Waals surface area (Å²) < 4.78 is 0. The van der Waals surface area contributed by atoms with Gasteiger partial charge in [-0.05, 0) is 29.2 Å². The van der Waals surface area contributed by atoms with Gasteiger partial charge in [0.2, 0.25) is 11.8 Å². The molecule has 0 unspecified atom stereocenters. The average molecular weight is 435 g/mol. The van der Waals surface area contributed by atoms with E-state index < -0.39 is 6.04 Å². The fourth-order valence-corrected chi connectivity index (χ4v) is 3.69. The van der Waals surface area contributed by atoms with Gasteiger partial charge in [-0.1, -0.05) is 97.4 Å². The second-order valence-electron chi connectivity index (χ2n) is 7.38. The number of hydrogen-bond acceptors (Lipinski definition) is 2. The highest BCUT2D eigenvalue weighted by atomic mass is 35.5. The molecule has 3 rings (SSSR count). The van der Waals surface area contributed by atoms with Crippen LogP contribution in [0.2, 0.25) is 5.02 Å². The molecule has 3 aromatic carbocycles. The van der Waals surface area contributed by atoms with E-state index in [4.69, 9.17) is 11.6 Å². The van der Waals surface area contributed by atoms with Crippen LogP contribution < -0.4 is 5.32 Å². The molecule has 5 heteroatoms. The molecule has 1 N–H and O–H groups in total. The molecule has 3 aromatic rings. The molecular formula is C26H27ClN2O2. The molecule has 2 amide bonds. The third-order valence-corrected chi connectivity index (χ3v) is 5.43. The predicted molar refractivity (Wildman–Crippen MR) is 124 cm³/mol. The van der Waals surface area contributed by atoms with Crippen LogP contribution in [0.3, 0.4) is 0 Å². The quantitative estimate of drug-likeness (QED) is 0.481. The minimum atomic E-state index is -0.733. The van der Waals surface area contributed by atoms with Crippen LogP contribution >= 0.6 is 11.6 Å². The van der Waals surface area contributed by atoms with E-state index >= 15 is 0 Å². The summed E-state index contributed by atoms with van der Waals surface area (Å²) in [5.74, 6) is -0.278. The Morgan fingerprint density at radius 2 is 1.52 bits per heavy atom. The van der Waals surface area contributed by atoms with E-state index in [-0.39, 0.29) is 11.8 Å². The first-order valence-corrected chi connectivity index (χ1v) is 10.9. The van der Waals surface area contributed by atoms with Crippen molar-refractivity contribution < 1.29 is 9.59 Å². The lowest BCUT2D eigenvalue weighted by Crippen LogP contribution is -2.43. The number of rotatable bonds is 9. The molecule has 0 aliphatic heterocycles. The van der Waals surface area contributed by atoms with Gasteiger partial charge in [-0.15, -0.1) is 0 Å². The molecule has 0 saturated heterocycles. The van der Waals surface area contributed by atoms with Gasteiger partial charge in [-0.2, -0.15) is 0 Å². The van der Waals surface area contributed by atoms with Gasteiger partial charge >= 0.3 is 0 Å². The fraction of sp³-hybridized carbons (Fsp3) is 0.231. The van der Waals surface area contributed by atoms with Crippen LogP contribution in [-0.2, 0) is 22.7 Å². The van der Waals surface area contributed by atoms with E-state index in [9.17, 15) is 9.59 Å². The van der Waals surface area contributed by atoms with Gasteiger partial charge in [-0.3, -0.25) is 9.59 Å². The van der Waals surface area contributed by atoms with Crippen LogP contribution in [0.15, 0.2) is 84.9 Å². The second-order valence-corrected chi connectivity index (χ2v) is 7.79. The molecule has 0 radical (unpaired) electrons. The highest BCUT2D eigenvalue weighted by Gasteiger charge is 2.31. The highest BCUT2D eigenvalue weighted by Crippen LogP contribution is 2.25. The molecule has 160 valence electrons. The standard InChI is InChI=1S/C26H27ClN2O2/c1-2-11-24(30)29(19-20-12-5-3-6-13-20)25(21-14-7-4-8-15-21)26(31)28-18-22-16-9-10-17-23(22)27/h3-10,12-17,25H,2,11,18-19H2,1H3,(H,28,31)/t25-/m0/s1. The molecule has 0 aliphatic carbocycles. The van der Waals surface area contributed by atoms with Crippen molar-refractivity contribution in [1.29, 1.82) is 0 Å². The van der Waals surface area contributed by atoms with Gasteiger partial charge in [0.25, 0.3) is 0 Å². The number of nitrogens with one attached hydrogen (secondary N) is 1. The van der Waals surface area contributed by atoms with Crippen LogP contribution in [0.4, 0.5) is 0 Å². The number of halogens is 1. The monoisotopic (exact) mass is 434 g/mol. The van der Waals surface area contributed by atoms with E-state index in [0.29, 0.717) is 31.0 Å². The smallest absolute Gasteiger partial charge is 0.247 e. The number of benzene rings is 3. The maximum Gasteiger partial charge on any atom is 0.247 e. The summed E-state index contributed by atoms with van der Waals surface area (Å²) in [5.41, 5.74) is 2.59. The van der Waals surface area contributed by atoms with Crippen molar-refractivity contribution in [2.75, 3.05) is 0 Å². The Kier molecular flexibility index (Phi) is 8.25. The van der Waals surface area contributed by atoms with Gasteiger partial charge in [-0.25, -0.2) is 0 Å². The van der Waals surface area contributed by atoms with Crippen molar-refractivity contribution in [3.63, 3.8) is 0 Å². The first kappa shape index (κ1) is 22.6. The number of carbonyl (C=O) groups is 2. The number of amides is 2. The topological polar surface area (TPSA) is 49.4 Å². The van der Waals surface area contributed by atoms with E-state index in [1.54, 1.807) is 11.0 Å². The minimum absolute atomic E-state index is 0.0481. The molecule has 0 bridgehead atoms. The summed E-state index contributed by atoms with van der Waals surface area (Å²) in [6.45, 7) is 2.62. The van der Waals surface area contributed by atoms with Gasteiger partial charge in [0, 0.05) is 24.5 Å². The highest BCUT2D eigenvalue weighted by molar-refractivity contribution is 6.31. The van der Waals surface area contributed by atoms with Crippen molar-refractivity contribution in [3.8, 4) is 0 Å². The maximum atomic E-state index is 13.4. The molecular weight excluding hydrogens is 408 g/mol. The molecule has 0 spiro atoms. The van der Waals surface area contributed by atoms with Crippen molar-refractivity contribution in [2.24, 2.45) is 0 Å². The second kappa shape index (κ2) is 11.3. The SMILES string of the molecule is CCCC(=O)N(Cc1ccccc1)[C@H](C(=O)NCc1ccccc1Cl)c1ccccc1. The Balaban J connectivity index is 1.91. The number of nitrogens with zero attached hydrogens (tertiary/aromatic N) is 1. The predicted octanol–water partition coefficient (Wildman–Crippen LogP) is 5.53. The fourth-order valence-electron chi connectivity index (χ4n) is 3.49. The Morgan fingerprint density at radius 3 is 2.16 bits per heavy atom. The zero-order chi connectivity index (χ0) is 22.1. The number of hydrogen-bond donors (Lipinski definition) is 1. The third-order valence-electron chi connectivity index (χ3n) is 5.07. The molecule has 1 atom stereocenters. The Labute approximate surface area is 188 Å². The third kappa shape index (κ3) is 6.19. The molecule has 0 heterocycles. The largest absolute Gasteiger partial charge is 0.350 e. The summed E-state index contributed by atoms with van der Waals surface area (Å²) >= 11 is 6.25. The lowest BCUT2D eigenvalue weighted by Gasteiger charge is -2.31. The van der Waals surface area contributed by atoms with Crippen molar-refractivity contribution in [2.45, 2.75) is 38.9 Å². The lowest BCUT2D eigenvalue weighted by atomic mass is 10.0. The molecule has 31 heavy (non-hydrogen) atoms. The Bertz CT molecular complexity index is 993. The molecule has 4 nitrogen and oxygen atoms in total.